The first-order valence-corrected chi connectivity index (χ1v) is 8.99. The lowest BCUT2D eigenvalue weighted by Gasteiger charge is -2.45. The predicted octanol–water partition coefficient (Wildman–Crippen LogP) is 3.08. The highest BCUT2D eigenvalue weighted by Crippen LogP contribution is 2.43. The van der Waals surface area contributed by atoms with Crippen molar-refractivity contribution in [3.05, 3.63) is 29.6 Å². The van der Waals surface area contributed by atoms with Crippen LogP contribution in [0.3, 0.4) is 0 Å². The van der Waals surface area contributed by atoms with E-state index in [0.717, 1.165) is 44.3 Å². The molecule has 3 aliphatic rings. The highest BCUT2D eigenvalue weighted by molar-refractivity contribution is 5.61. The molecule has 0 unspecified atom stereocenters. The lowest BCUT2D eigenvalue weighted by Crippen LogP contribution is -2.53. The van der Waals surface area contributed by atoms with E-state index < -0.39 is 0 Å². The van der Waals surface area contributed by atoms with E-state index in [1.807, 2.05) is 6.07 Å². The maximum absolute atomic E-state index is 13.6. The Bertz CT molecular complexity index is 562. The lowest BCUT2D eigenvalue weighted by molar-refractivity contribution is 0.0452. The topological polar surface area (TPSA) is 15.7 Å². The van der Waals surface area contributed by atoms with Gasteiger partial charge in [0.15, 0.2) is 0 Å². The predicted molar refractivity (Wildman–Crippen MR) is 90.5 cm³/mol. The Labute approximate surface area is 138 Å². The number of halogens is 1. The summed E-state index contributed by atoms with van der Waals surface area (Å²) in [7, 11) is 2.15. The molecule has 4 heteroatoms. The molecule has 23 heavy (non-hydrogen) atoms. The van der Waals surface area contributed by atoms with Crippen LogP contribution in [0.15, 0.2) is 18.2 Å². The number of benzene rings is 1. The number of hydrogen-bond acceptors (Lipinski definition) is 3. The maximum Gasteiger partial charge on any atom is 0.125 e. The Morgan fingerprint density at radius 1 is 1.22 bits per heavy atom. The molecule has 1 aromatic rings. The van der Waals surface area contributed by atoms with Gasteiger partial charge in [-0.3, -0.25) is 0 Å². The second kappa shape index (κ2) is 6.06. The zero-order valence-corrected chi connectivity index (χ0v) is 14.1. The zero-order chi connectivity index (χ0) is 15.9. The summed E-state index contributed by atoms with van der Waals surface area (Å²) in [5.74, 6) is 0.690. The van der Waals surface area contributed by atoms with Gasteiger partial charge in [0, 0.05) is 51.1 Å². The minimum absolute atomic E-state index is 0.121. The van der Waals surface area contributed by atoms with Crippen LogP contribution in [0, 0.1) is 11.7 Å². The minimum atomic E-state index is -0.121. The third kappa shape index (κ3) is 2.87. The van der Waals surface area contributed by atoms with Crippen LogP contribution in [-0.4, -0.2) is 50.3 Å². The SMILES string of the molecule is CN1c2cc(F)ccc2CC12CCN(CC1CCOCC1)CC2. The number of piperidine rings is 1. The Balaban J connectivity index is 1.39. The molecule has 3 aliphatic heterocycles. The molecular formula is C19H27FN2O. The third-order valence-electron chi connectivity index (χ3n) is 6.28. The summed E-state index contributed by atoms with van der Waals surface area (Å²) in [6, 6.07) is 5.29. The molecule has 0 atom stereocenters. The van der Waals surface area contributed by atoms with Gasteiger partial charge in [0.1, 0.15) is 5.82 Å². The number of ether oxygens (including phenoxy) is 1. The minimum Gasteiger partial charge on any atom is -0.381 e. The van der Waals surface area contributed by atoms with Crippen molar-refractivity contribution in [2.75, 3.05) is 44.8 Å². The van der Waals surface area contributed by atoms with Crippen LogP contribution in [0.1, 0.15) is 31.2 Å². The van der Waals surface area contributed by atoms with Crippen LogP contribution in [0.25, 0.3) is 0 Å². The zero-order valence-electron chi connectivity index (χ0n) is 14.1. The molecule has 126 valence electrons. The van der Waals surface area contributed by atoms with Crippen molar-refractivity contribution in [3.63, 3.8) is 0 Å². The fourth-order valence-electron chi connectivity index (χ4n) is 4.69. The van der Waals surface area contributed by atoms with Gasteiger partial charge in [-0.25, -0.2) is 4.39 Å². The van der Waals surface area contributed by atoms with Crippen LogP contribution in [0.5, 0.6) is 0 Å². The summed E-state index contributed by atoms with van der Waals surface area (Å²) in [5.41, 5.74) is 2.62. The van der Waals surface area contributed by atoms with E-state index in [4.69, 9.17) is 4.74 Å². The first-order valence-electron chi connectivity index (χ1n) is 8.99. The van der Waals surface area contributed by atoms with E-state index in [9.17, 15) is 4.39 Å². The number of likely N-dealkylation sites (tertiary alicyclic amines) is 1. The van der Waals surface area contributed by atoms with Gasteiger partial charge in [0.05, 0.1) is 0 Å². The van der Waals surface area contributed by atoms with Gasteiger partial charge in [-0.15, -0.1) is 0 Å². The smallest absolute Gasteiger partial charge is 0.125 e. The van der Waals surface area contributed by atoms with Gasteiger partial charge in [0.25, 0.3) is 0 Å². The first-order chi connectivity index (χ1) is 11.2. The van der Waals surface area contributed by atoms with E-state index >= 15 is 0 Å². The molecule has 0 saturated carbocycles. The molecule has 0 aromatic heterocycles. The summed E-state index contributed by atoms with van der Waals surface area (Å²) < 4.78 is 19.0. The number of hydrogen-bond donors (Lipinski definition) is 0. The van der Waals surface area contributed by atoms with Crippen molar-refractivity contribution in [2.45, 2.75) is 37.6 Å². The van der Waals surface area contributed by atoms with Crippen LogP contribution < -0.4 is 4.90 Å². The second-order valence-corrected chi connectivity index (χ2v) is 7.59. The first kappa shape index (κ1) is 15.4. The molecular weight excluding hydrogens is 291 g/mol. The molecule has 3 heterocycles. The van der Waals surface area contributed by atoms with E-state index in [1.54, 1.807) is 12.1 Å². The summed E-state index contributed by atoms with van der Waals surface area (Å²) in [6.45, 7) is 5.43. The van der Waals surface area contributed by atoms with Gasteiger partial charge < -0.3 is 14.5 Å². The number of rotatable bonds is 2. The Hall–Kier alpha value is -1.13. The van der Waals surface area contributed by atoms with Crippen molar-refractivity contribution in [2.24, 2.45) is 5.92 Å². The van der Waals surface area contributed by atoms with Crippen molar-refractivity contribution in [1.29, 1.82) is 0 Å². The second-order valence-electron chi connectivity index (χ2n) is 7.59. The average Bonchev–Trinajstić information content (AvgIpc) is 2.83. The normalized spacial score (nSPS) is 25.0. The molecule has 0 radical (unpaired) electrons. The van der Waals surface area contributed by atoms with Crippen LogP contribution >= 0.6 is 0 Å². The fraction of sp³-hybridized carbons (Fsp3) is 0.684. The van der Waals surface area contributed by atoms with Crippen LogP contribution in [0.2, 0.25) is 0 Å². The van der Waals surface area contributed by atoms with E-state index in [2.05, 4.69) is 16.8 Å². The molecule has 1 spiro atoms. The summed E-state index contributed by atoms with van der Waals surface area (Å²) >= 11 is 0. The van der Waals surface area contributed by atoms with Gasteiger partial charge in [-0.05, 0) is 55.7 Å². The average molecular weight is 318 g/mol. The maximum atomic E-state index is 13.6. The molecule has 0 aliphatic carbocycles. The summed E-state index contributed by atoms with van der Waals surface area (Å²) in [4.78, 5) is 5.00. The van der Waals surface area contributed by atoms with Gasteiger partial charge >= 0.3 is 0 Å². The van der Waals surface area contributed by atoms with Crippen LogP contribution in [-0.2, 0) is 11.2 Å². The summed E-state index contributed by atoms with van der Waals surface area (Å²) in [6.07, 6.45) is 5.87. The van der Waals surface area contributed by atoms with E-state index in [1.165, 1.54) is 37.8 Å². The largest absolute Gasteiger partial charge is 0.381 e. The Kier molecular flexibility index (Phi) is 4.06. The standard InChI is InChI=1S/C19H27FN2O/c1-21-18-12-17(20)3-2-16(18)13-19(21)6-8-22(9-7-19)14-15-4-10-23-11-5-15/h2-3,12,15H,4-11,13-14H2,1H3. The Morgan fingerprint density at radius 2 is 1.96 bits per heavy atom. The number of nitrogens with zero attached hydrogens (tertiary/aromatic N) is 2. The molecule has 2 fully saturated rings. The number of fused-ring (bicyclic) bond motifs is 1. The highest BCUT2D eigenvalue weighted by Gasteiger charge is 2.43. The van der Waals surface area contributed by atoms with E-state index in [0.29, 0.717) is 0 Å². The van der Waals surface area contributed by atoms with E-state index in [-0.39, 0.29) is 11.4 Å². The fourth-order valence-corrected chi connectivity index (χ4v) is 4.69. The van der Waals surface area contributed by atoms with Crippen molar-refractivity contribution in [1.82, 2.24) is 4.90 Å². The lowest BCUT2D eigenvalue weighted by atomic mass is 9.83. The van der Waals surface area contributed by atoms with Gasteiger partial charge in [-0.1, -0.05) is 6.07 Å². The molecule has 2 saturated heterocycles. The number of anilines is 1. The molecule has 3 nitrogen and oxygen atoms in total. The van der Waals surface area contributed by atoms with Crippen LogP contribution in [0.4, 0.5) is 10.1 Å². The quantitative estimate of drug-likeness (QED) is 0.833. The van der Waals surface area contributed by atoms with Crippen molar-refractivity contribution in [3.8, 4) is 0 Å². The molecule has 0 N–H and O–H groups in total. The van der Waals surface area contributed by atoms with Gasteiger partial charge in [0.2, 0.25) is 0 Å². The molecule has 0 amide bonds. The molecule has 4 rings (SSSR count). The molecule has 0 bridgehead atoms. The monoisotopic (exact) mass is 318 g/mol. The third-order valence-corrected chi connectivity index (χ3v) is 6.28. The van der Waals surface area contributed by atoms with Gasteiger partial charge in [-0.2, -0.15) is 0 Å². The number of likely N-dealkylation sites (N-methyl/N-ethyl adjacent to an activating group) is 1. The highest BCUT2D eigenvalue weighted by atomic mass is 19.1. The summed E-state index contributed by atoms with van der Waals surface area (Å²) in [5, 5.41) is 0. The Morgan fingerprint density at radius 3 is 2.70 bits per heavy atom. The van der Waals surface area contributed by atoms with Crippen molar-refractivity contribution >= 4 is 5.69 Å². The molecule has 1 aromatic carbocycles. The van der Waals surface area contributed by atoms with Crippen molar-refractivity contribution < 1.29 is 9.13 Å².